The van der Waals surface area contributed by atoms with Crippen molar-refractivity contribution < 1.29 is 14.2 Å². The van der Waals surface area contributed by atoms with Crippen LogP contribution >= 0.6 is 0 Å². The SMILES string of the molecule is COc1ccc(C(OC2c3ccccc3-c3ccccc32)c2ccc(OC)cc2)cc1. The van der Waals surface area contributed by atoms with Crippen LogP contribution in [0.15, 0.2) is 97.1 Å². The summed E-state index contributed by atoms with van der Waals surface area (Å²) in [5.41, 5.74) is 7.05. The van der Waals surface area contributed by atoms with Crippen LogP contribution in [0.3, 0.4) is 0 Å². The molecule has 0 bridgehead atoms. The number of ether oxygens (including phenoxy) is 3. The summed E-state index contributed by atoms with van der Waals surface area (Å²) in [6, 6.07) is 33.2. The highest BCUT2D eigenvalue weighted by Gasteiger charge is 2.32. The Morgan fingerprint density at radius 2 is 0.968 bits per heavy atom. The van der Waals surface area contributed by atoms with Crippen LogP contribution in [0.25, 0.3) is 11.1 Å². The average molecular weight is 408 g/mol. The molecular weight excluding hydrogens is 384 g/mol. The molecule has 0 saturated heterocycles. The van der Waals surface area contributed by atoms with E-state index < -0.39 is 0 Å². The number of methoxy groups -OCH3 is 2. The number of rotatable bonds is 6. The molecule has 0 N–H and O–H groups in total. The summed E-state index contributed by atoms with van der Waals surface area (Å²) in [5.74, 6) is 1.66. The van der Waals surface area contributed by atoms with E-state index in [1.807, 2.05) is 24.3 Å². The highest BCUT2D eigenvalue weighted by molar-refractivity contribution is 5.78. The van der Waals surface area contributed by atoms with Gasteiger partial charge in [0, 0.05) is 0 Å². The molecule has 154 valence electrons. The monoisotopic (exact) mass is 408 g/mol. The number of benzene rings is 4. The van der Waals surface area contributed by atoms with Gasteiger partial charge >= 0.3 is 0 Å². The summed E-state index contributed by atoms with van der Waals surface area (Å²) in [7, 11) is 3.36. The quantitative estimate of drug-likeness (QED) is 0.361. The molecule has 31 heavy (non-hydrogen) atoms. The number of hydrogen-bond acceptors (Lipinski definition) is 3. The van der Waals surface area contributed by atoms with Gasteiger partial charge in [-0.05, 0) is 57.6 Å². The Morgan fingerprint density at radius 3 is 1.39 bits per heavy atom. The van der Waals surface area contributed by atoms with Gasteiger partial charge in [-0.25, -0.2) is 0 Å². The Balaban J connectivity index is 1.58. The summed E-state index contributed by atoms with van der Waals surface area (Å²) >= 11 is 0. The average Bonchev–Trinajstić information content (AvgIpc) is 3.16. The van der Waals surface area contributed by atoms with Gasteiger partial charge in [-0.2, -0.15) is 0 Å². The summed E-state index contributed by atoms with van der Waals surface area (Å²) in [5, 5.41) is 0. The van der Waals surface area contributed by atoms with Gasteiger partial charge in [-0.3, -0.25) is 0 Å². The van der Waals surface area contributed by atoms with Crippen LogP contribution in [-0.2, 0) is 4.74 Å². The zero-order valence-electron chi connectivity index (χ0n) is 17.6. The molecule has 3 heteroatoms. The Bertz CT molecular complexity index is 1090. The number of hydrogen-bond donors (Lipinski definition) is 0. The van der Waals surface area contributed by atoms with E-state index in [0.29, 0.717) is 0 Å². The normalized spacial score (nSPS) is 12.5. The molecule has 0 fully saturated rings. The van der Waals surface area contributed by atoms with Crippen LogP contribution in [0.4, 0.5) is 0 Å². The highest BCUT2D eigenvalue weighted by Crippen LogP contribution is 2.47. The standard InChI is InChI=1S/C28H24O3/c1-29-21-15-11-19(12-16-21)27(20-13-17-22(30-2)18-14-20)31-28-25-9-5-3-7-23(25)24-8-4-6-10-26(24)28/h3-18,27-28H,1-2H3. The van der Waals surface area contributed by atoms with Gasteiger partial charge in [0.15, 0.2) is 0 Å². The van der Waals surface area contributed by atoms with E-state index in [1.165, 1.54) is 22.3 Å². The molecule has 1 aliphatic rings. The molecule has 1 aliphatic carbocycles. The van der Waals surface area contributed by atoms with Crippen molar-refractivity contribution in [3.63, 3.8) is 0 Å². The minimum atomic E-state index is -0.235. The molecule has 0 unspecified atom stereocenters. The third-order valence-electron chi connectivity index (χ3n) is 5.89. The second-order valence-electron chi connectivity index (χ2n) is 7.62. The van der Waals surface area contributed by atoms with E-state index in [-0.39, 0.29) is 12.2 Å². The molecule has 0 aromatic heterocycles. The van der Waals surface area contributed by atoms with Gasteiger partial charge in [0.05, 0.1) is 14.2 Å². The minimum Gasteiger partial charge on any atom is -0.497 e. The van der Waals surface area contributed by atoms with E-state index in [4.69, 9.17) is 14.2 Å². The molecular formula is C28H24O3. The zero-order valence-corrected chi connectivity index (χ0v) is 17.6. The molecule has 0 aliphatic heterocycles. The van der Waals surface area contributed by atoms with Gasteiger partial charge in [-0.1, -0.05) is 72.8 Å². The smallest absolute Gasteiger partial charge is 0.118 e. The van der Waals surface area contributed by atoms with E-state index in [0.717, 1.165) is 22.6 Å². The molecule has 0 atom stereocenters. The maximum absolute atomic E-state index is 6.90. The van der Waals surface area contributed by atoms with Crippen molar-refractivity contribution in [3.8, 4) is 22.6 Å². The number of fused-ring (bicyclic) bond motifs is 3. The third kappa shape index (κ3) is 3.58. The molecule has 3 nitrogen and oxygen atoms in total. The third-order valence-corrected chi connectivity index (χ3v) is 5.89. The van der Waals surface area contributed by atoms with Crippen LogP contribution in [-0.4, -0.2) is 14.2 Å². The predicted molar refractivity (Wildman–Crippen MR) is 123 cm³/mol. The van der Waals surface area contributed by atoms with Crippen LogP contribution < -0.4 is 9.47 Å². The second-order valence-corrected chi connectivity index (χ2v) is 7.62. The maximum atomic E-state index is 6.90. The lowest BCUT2D eigenvalue weighted by molar-refractivity contribution is 0.0333. The lowest BCUT2D eigenvalue weighted by atomic mass is 9.99. The summed E-state index contributed by atoms with van der Waals surface area (Å²) in [6.45, 7) is 0. The fourth-order valence-corrected chi connectivity index (χ4v) is 4.30. The highest BCUT2D eigenvalue weighted by atomic mass is 16.5. The minimum absolute atomic E-state index is 0.137. The predicted octanol–water partition coefficient (Wildman–Crippen LogP) is 6.58. The molecule has 5 rings (SSSR count). The Labute approximate surface area is 182 Å². The molecule has 4 aromatic carbocycles. The van der Waals surface area contributed by atoms with Gasteiger partial charge in [-0.15, -0.1) is 0 Å². The van der Waals surface area contributed by atoms with Crippen molar-refractivity contribution in [1.82, 2.24) is 0 Å². The summed E-state index contributed by atoms with van der Waals surface area (Å²) < 4.78 is 17.6. The van der Waals surface area contributed by atoms with Crippen LogP contribution in [0.5, 0.6) is 11.5 Å². The zero-order chi connectivity index (χ0) is 21.2. The Kier molecular flexibility index (Phi) is 5.19. The van der Waals surface area contributed by atoms with Gasteiger partial charge in [0.2, 0.25) is 0 Å². The Hall–Kier alpha value is -3.56. The van der Waals surface area contributed by atoms with Gasteiger partial charge in [0.1, 0.15) is 23.7 Å². The summed E-state index contributed by atoms with van der Waals surface area (Å²) in [4.78, 5) is 0. The van der Waals surface area contributed by atoms with Crippen molar-refractivity contribution in [1.29, 1.82) is 0 Å². The van der Waals surface area contributed by atoms with E-state index >= 15 is 0 Å². The molecule has 0 radical (unpaired) electrons. The topological polar surface area (TPSA) is 27.7 Å². The summed E-state index contributed by atoms with van der Waals surface area (Å²) in [6.07, 6.45) is -0.373. The fraction of sp³-hybridized carbons (Fsp3) is 0.143. The van der Waals surface area contributed by atoms with Crippen molar-refractivity contribution in [2.75, 3.05) is 14.2 Å². The molecule has 0 amide bonds. The van der Waals surface area contributed by atoms with Crippen LogP contribution in [0.1, 0.15) is 34.5 Å². The van der Waals surface area contributed by atoms with E-state index in [2.05, 4.69) is 72.8 Å². The maximum Gasteiger partial charge on any atom is 0.118 e. The fourth-order valence-electron chi connectivity index (χ4n) is 4.30. The van der Waals surface area contributed by atoms with Crippen molar-refractivity contribution >= 4 is 0 Å². The first-order valence-electron chi connectivity index (χ1n) is 10.4. The molecule has 4 aromatic rings. The van der Waals surface area contributed by atoms with Gasteiger partial charge in [0.25, 0.3) is 0 Å². The Morgan fingerprint density at radius 1 is 0.548 bits per heavy atom. The first-order chi connectivity index (χ1) is 15.3. The van der Waals surface area contributed by atoms with E-state index in [1.54, 1.807) is 14.2 Å². The first kappa shape index (κ1) is 19.4. The second kappa shape index (κ2) is 8.29. The largest absolute Gasteiger partial charge is 0.497 e. The van der Waals surface area contributed by atoms with Crippen molar-refractivity contribution in [3.05, 3.63) is 119 Å². The lowest BCUT2D eigenvalue weighted by Gasteiger charge is -2.25. The van der Waals surface area contributed by atoms with Crippen molar-refractivity contribution in [2.24, 2.45) is 0 Å². The molecule has 0 heterocycles. The van der Waals surface area contributed by atoms with Gasteiger partial charge < -0.3 is 14.2 Å². The first-order valence-corrected chi connectivity index (χ1v) is 10.4. The van der Waals surface area contributed by atoms with Crippen LogP contribution in [0, 0.1) is 0 Å². The molecule has 0 spiro atoms. The van der Waals surface area contributed by atoms with E-state index in [9.17, 15) is 0 Å². The van der Waals surface area contributed by atoms with Crippen LogP contribution in [0.2, 0.25) is 0 Å². The van der Waals surface area contributed by atoms with Crippen molar-refractivity contribution in [2.45, 2.75) is 12.2 Å². The molecule has 0 saturated carbocycles. The lowest BCUT2D eigenvalue weighted by Crippen LogP contribution is -2.11.